The molecule has 2 fully saturated rings. The van der Waals surface area contributed by atoms with Crippen LogP contribution < -0.4 is 4.90 Å². The van der Waals surface area contributed by atoms with Gasteiger partial charge in [-0.2, -0.15) is 0 Å². The number of anilines is 1. The first-order valence-corrected chi connectivity index (χ1v) is 13.8. The highest BCUT2D eigenvalue weighted by Gasteiger charge is 2.75. The number of hydrogen-bond donors (Lipinski definition) is 1. The molecule has 5 rings (SSSR count). The van der Waals surface area contributed by atoms with Crippen LogP contribution in [0.15, 0.2) is 42.5 Å². The maximum Gasteiger partial charge on any atom is 0.313 e. The maximum atomic E-state index is 14.5. The molecule has 38 heavy (non-hydrogen) atoms. The summed E-state index contributed by atoms with van der Waals surface area (Å²) in [6.07, 6.45) is 10.4. The van der Waals surface area contributed by atoms with Crippen molar-refractivity contribution in [3.63, 3.8) is 0 Å². The summed E-state index contributed by atoms with van der Waals surface area (Å²) in [7, 11) is 0. The van der Waals surface area contributed by atoms with Crippen molar-refractivity contribution in [3.05, 3.63) is 53.1 Å². The molecule has 0 aliphatic carbocycles. The highest BCUT2D eigenvalue weighted by Crippen LogP contribution is 2.58. The molecule has 1 spiro atoms. The number of aryl methyl sites for hydroxylation is 1. The van der Waals surface area contributed by atoms with E-state index in [-0.39, 0.29) is 25.7 Å². The lowest BCUT2D eigenvalue weighted by atomic mass is 9.73. The molecule has 0 aromatic heterocycles. The number of allylic oxidation sites excluding steroid dienone is 1. The smallest absolute Gasteiger partial charge is 0.313 e. The van der Waals surface area contributed by atoms with Gasteiger partial charge in [-0.05, 0) is 51.2 Å². The van der Waals surface area contributed by atoms with E-state index in [2.05, 4.69) is 0 Å². The Balaban J connectivity index is 1.70. The van der Waals surface area contributed by atoms with E-state index in [1.54, 1.807) is 24.0 Å². The predicted octanol–water partition coefficient (Wildman–Crippen LogP) is 3.58. The second kappa shape index (κ2) is 10.1. The van der Waals surface area contributed by atoms with E-state index in [1.807, 2.05) is 44.2 Å². The van der Waals surface area contributed by atoms with E-state index >= 15 is 0 Å². The second-order valence-corrected chi connectivity index (χ2v) is 11.1. The third-order valence-corrected chi connectivity index (χ3v) is 8.82. The van der Waals surface area contributed by atoms with Gasteiger partial charge in [0.05, 0.1) is 35.9 Å². The number of halogens is 1. The average molecular weight is 543 g/mol. The topological polar surface area (TPSA) is 96.4 Å². The molecule has 1 unspecified atom stereocenters. The van der Waals surface area contributed by atoms with Crippen LogP contribution in [0.5, 0.6) is 0 Å². The fourth-order valence-corrected chi connectivity index (χ4v) is 7.03. The first-order valence-electron chi connectivity index (χ1n) is 13.4. The summed E-state index contributed by atoms with van der Waals surface area (Å²) in [5, 5.41) is 10.5. The lowest BCUT2D eigenvalue weighted by Gasteiger charge is -2.40. The van der Waals surface area contributed by atoms with Gasteiger partial charge < -0.3 is 24.4 Å². The molecule has 4 aliphatic rings. The van der Waals surface area contributed by atoms with Crippen LogP contribution >= 0.6 is 11.6 Å². The largest absolute Gasteiger partial charge is 0.465 e. The predicted molar refractivity (Wildman–Crippen MR) is 143 cm³/mol. The molecular formula is C29H35ClN2O6. The highest BCUT2D eigenvalue weighted by molar-refractivity contribution is 6.34. The summed E-state index contributed by atoms with van der Waals surface area (Å²) in [6.45, 7) is 5.63. The molecule has 9 heteroatoms. The molecule has 0 bridgehead atoms. The van der Waals surface area contributed by atoms with Crippen molar-refractivity contribution in [3.8, 4) is 0 Å². The Morgan fingerprint density at radius 3 is 2.63 bits per heavy atom. The van der Waals surface area contributed by atoms with Gasteiger partial charge in [0, 0.05) is 6.54 Å². The number of hydrogen-bond acceptors (Lipinski definition) is 6. The molecule has 8 nitrogen and oxygen atoms in total. The number of fused-ring (bicyclic) bond motifs is 2. The minimum Gasteiger partial charge on any atom is -0.465 e. The van der Waals surface area contributed by atoms with Gasteiger partial charge in [0.15, 0.2) is 0 Å². The van der Waals surface area contributed by atoms with Gasteiger partial charge in [0.2, 0.25) is 5.91 Å². The number of nitrogens with zero attached hydrogens (tertiary/aromatic N) is 2. The molecule has 2 saturated heterocycles. The molecule has 0 saturated carbocycles. The molecule has 1 aromatic carbocycles. The molecule has 2 amide bonds. The molecule has 6 atom stereocenters. The summed E-state index contributed by atoms with van der Waals surface area (Å²) in [5.74, 6) is -3.16. The SMILES string of the molecule is CC[C@]12/C=C\CCCCOC(=O)[C@H]1[C@H]1C(=O)N([C@H](C)CO)C3C(=O)N(c4c(C)cccc4Cl)CC=C[C@@]31O2. The van der Waals surface area contributed by atoms with E-state index in [9.17, 15) is 19.5 Å². The van der Waals surface area contributed by atoms with Gasteiger partial charge in [0.25, 0.3) is 5.91 Å². The monoisotopic (exact) mass is 542 g/mol. The van der Waals surface area contributed by atoms with Crippen LogP contribution in [0.2, 0.25) is 5.02 Å². The number of carbonyl (C=O) groups is 3. The first-order chi connectivity index (χ1) is 18.2. The van der Waals surface area contributed by atoms with Crippen LogP contribution in [0.3, 0.4) is 0 Å². The molecule has 1 N–H and O–H groups in total. The number of esters is 1. The molecular weight excluding hydrogens is 508 g/mol. The van der Waals surface area contributed by atoms with Crippen LogP contribution in [0.1, 0.15) is 45.1 Å². The second-order valence-electron chi connectivity index (χ2n) is 10.7. The number of aliphatic hydroxyl groups is 1. The number of rotatable bonds is 4. The zero-order valence-corrected chi connectivity index (χ0v) is 22.8. The van der Waals surface area contributed by atoms with Crippen molar-refractivity contribution >= 4 is 35.1 Å². The number of benzene rings is 1. The van der Waals surface area contributed by atoms with Gasteiger partial charge in [0.1, 0.15) is 23.2 Å². The molecule has 1 aromatic rings. The number of para-hydroxylation sites is 1. The van der Waals surface area contributed by atoms with Crippen molar-refractivity contribution < 1.29 is 29.0 Å². The number of amides is 2. The highest BCUT2D eigenvalue weighted by atomic mass is 35.5. The summed E-state index contributed by atoms with van der Waals surface area (Å²) in [5.41, 5.74) is -1.15. The van der Waals surface area contributed by atoms with Crippen molar-refractivity contribution in [2.24, 2.45) is 11.8 Å². The maximum absolute atomic E-state index is 14.5. The number of cyclic esters (lactones) is 1. The van der Waals surface area contributed by atoms with Crippen LogP contribution in [-0.2, 0) is 23.9 Å². The van der Waals surface area contributed by atoms with Gasteiger partial charge in [-0.15, -0.1) is 0 Å². The minimum absolute atomic E-state index is 0.220. The number of carbonyl (C=O) groups excluding carboxylic acids is 3. The lowest BCUT2D eigenvalue weighted by Crippen LogP contribution is -2.58. The first kappa shape index (κ1) is 26.9. The Kier molecular flexibility index (Phi) is 7.18. The van der Waals surface area contributed by atoms with E-state index in [0.717, 1.165) is 24.8 Å². The Hall–Kier alpha value is -2.68. The fourth-order valence-electron chi connectivity index (χ4n) is 6.70. The Labute approximate surface area is 228 Å². The van der Waals surface area contributed by atoms with Crippen molar-refractivity contribution in [1.82, 2.24) is 4.90 Å². The number of ether oxygens (including phenoxy) is 2. The molecule has 4 heterocycles. The van der Waals surface area contributed by atoms with Gasteiger partial charge >= 0.3 is 5.97 Å². The van der Waals surface area contributed by atoms with Crippen molar-refractivity contribution in [2.75, 3.05) is 24.7 Å². The van der Waals surface area contributed by atoms with E-state index in [4.69, 9.17) is 21.1 Å². The summed E-state index contributed by atoms with van der Waals surface area (Å²) in [6, 6.07) is 3.65. The van der Waals surface area contributed by atoms with Crippen LogP contribution in [0, 0.1) is 18.8 Å². The summed E-state index contributed by atoms with van der Waals surface area (Å²) < 4.78 is 12.6. The van der Waals surface area contributed by atoms with Crippen molar-refractivity contribution in [1.29, 1.82) is 0 Å². The Morgan fingerprint density at radius 2 is 1.92 bits per heavy atom. The molecule has 4 aliphatic heterocycles. The third-order valence-electron chi connectivity index (χ3n) is 8.52. The Bertz CT molecular complexity index is 1180. The summed E-state index contributed by atoms with van der Waals surface area (Å²) in [4.78, 5) is 45.4. The van der Waals surface area contributed by atoms with Gasteiger partial charge in [-0.1, -0.05) is 55.0 Å². The van der Waals surface area contributed by atoms with E-state index in [0.29, 0.717) is 17.1 Å². The van der Waals surface area contributed by atoms with Crippen LogP contribution in [0.4, 0.5) is 5.69 Å². The van der Waals surface area contributed by atoms with E-state index in [1.165, 1.54) is 4.90 Å². The number of likely N-dealkylation sites (tertiary alicyclic amines) is 1. The summed E-state index contributed by atoms with van der Waals surface area (Å²) >= 11 is 6.58. The van der Waals surface area contributed by atoms with Crippen LogP contribution in [0.25, 0.3) is 0 Å². The van der Waals surface area contributed by atoms with E-state index < -0.39 is 47.0 Å². The van der Waals surface area contributed by atoms with Crippen molar-refractivity contribution in [2.45, 2.75) is 69.7 Å². The lowest BCUT2D eigenvalue weighted by molar-refractivity contribution is -0.161. The number of aliphatic hydroxyl groups excluding tert-OH is 1. The zero-order valence-electron chi connectivity index (χ0n) is 22.1. The normalized spacial score (nSPS) is 34.8. The zero-order chi connectivity index (χ0) is 27.2. The van der Waals surface area contributed by atoms with Gasteiger partial charge in [-0.3, -0.25) is 14.4 Å². The minimum atomic E-state index is -1.42. The molecule has 0 radical (unpaired) electrons. The standard InChI is InChI=1S/C29H35ClN2O6/c1-4-28-13-7-5-6-8-16-37-27(36)22(28)21-25(34)32(19(3)17-33)24-26(35)31(15-10-14-29(21,24)38-28)23-18(2)11-9-12-20(23)30/h7,9-14,19,21-22,24,33H,4-6,8,15-17H2,1-3H3/b13-7-/t19-,21+,22-,24?,28+,29+/m1/s1. The fraction of sp³-hybridized carbons (Fsp3) is 0.552. The quantitative estimate of drug-likeness (QED) is 0.461. The Morgan fingerprint density at radius 1 is 1.13 bits per heavy atom. The third kappa shape index (κ3) is 3.91. The average Bonchev–Trinajstić information content (AvgIpc) is 3.26. The van der Waals surface area contributed by atoms with Gasteiger partial charge in [-0.25, -0.2) is 0 Å². The van der Waals surface area contributed by atoms with Crippen LogP contribution in [-0.4, -0.2) is 70.8 Å². The molecule has 204 valence electrons.